The Kier molecular flexibility index (Phi) is 7.71. The van der Waals surface area contributed by atoms with Crippen LogP contribution in [0, 0.1) is 5.92 Å². The van der Waals surface area contributed by atoms with Crippen LogP contribution in [0.25, 0.3) is 0 Å². The second-order valence-electron chi connectivity index (χ2n) is 7.69. The van der Waals surface area contributed by atoms with Crippen LogP contribution < -0.4 is 10.2 Å². The maximum Gasteiger partial charge on any atom is 0.230 e. The summed E-state index contributed by atoms with van der Waals surface area (Å²) in [5.74, 6) is 2.10. The smallest absolute Gasteiger partial charge is 0.230 e. The molecule has 1 N–H and O–H groups in total. The molecule has 6 heteroatoms. The lowest BCUT2D eigenvalue weighted by molar-refractivity contribution is -0.119. The van der Waals surface area contributed by atoms with Crippen molar-refractivity contribution in [3.05, 3.63) is 48.3 Å². The van der Waals surface area contributed by atoms with Gasteiger partial charge in [-0.25, -0.2) is 9.97 Å². The molecule has 0 spiro atoms. The number of hydrogen-bond acceptors (Lipinski definition) is 5. The lowest BCUT2D eigenvalue weighted by Crippen LogP contribution is -2.35. The van der Waals surface area contributed by atoms with Gasteiger partial charge in [-0.15, -0.1) is 0 Å². The Morgan fingerprint density at radius 3 is 2.93 bits per heavy atom. The van der Waals surface area contributed by atoms with Crippen LogP contribution in [0.4, 0.5) is 5.82 Å². The second kappa shape index (κ2) is 10.5. The van der Waals surface area contributed by atoms with E-state index in [1.54, 1.807) is 6.33 Å². The minimum atomic E-state index is 0.0531. The molecule has 0 unspecified atom stereocenters. The zero-order chi connectivity index (χ0) is 19.8. The second-order valence-corrected chi connectivity index (χ2v) is 8.68. The van der Waals surface area contributed by atoms with Crippen LogP contribution in [0.5, 0.6) is 0 Å². The number of aromatic nitrogens is 2. The SMILES string of the molecule is C[C@H]1CCCN(c2cc(SCC(=O)N[C@H](C)CCc3ccccc3)ncn2)C1. The fourth-order valence-electron chi connectivity index (χ4n) is 3.54. The van der Waals surface area contributed by atoms with Crippen molar-refractivity contribution in [2.75, 3.05) is 23.7 Å². The molecule has 3 rings (SSSR count). The van der Waals surface area contributed by atoms with Gasteiger partial charge in [0.1, 0.15) is 17.2 Å². The summed E-state index contributed by atoms with van der Waals surface area (Å²) >= 11 is 1.47. The number of anilines is 1. The van der Waals surface area contributed by atoms with E-state index in [0.29, 0.717) is 11.7 Å². The number of carbonyl (C=O) groups excluding carboxylic acids is 1. The monoisotopic (exact) mass is 398 g/mol. The number of carbonyl (C=O) groups is 1. The molecular weight excluding hydrogens is 368 g/mol. The van der Waals surface area contributed by atoms with Gasteiger partial charge in [-0.05, 0) is 44.1 Å². The molecule has 150 valence electrons. The van der Waals surface area contributed by atoms with Crippen molar-refractivity contribution >= 4 is 23.5 Å². The molecule has 1 aliphatic rings. The molecule has 1 aromatic carbocycles. The number of rotatable bonds is 8. The predicted octanol–water partition coefficient (Wildman–Crippen LogP) is 3.94. The Morgan fingerprint density at radius 2 is 2.14 bits per heavy atom. The van der Waals surface area contributed by atoms with Crippen LogP contribution in [-0.4, -0.2) is 40.8 Å². The highest BCUT2D eigenvalue weighted by atomic mass is 32.2. The van der Waals surface area contributed by atoms with Crippen LogP contribution in [0.3, 0.4) is 0 Å². The Labute approximate surface area is 172 Å². The van der Waals surface area contributed by atoms with Crippen LogP contribution >= 0.6 is 11.8 Å². The molecule has 1 amide bonds. The minimum absolute atomic E-state index is 0.0531. The third kappa shape index (κ3) is 6.51. The van der Waals surface area contributed by atoms with E-state index in [2.05, 4.69) is 58.3 Å². The summed E-state index contributed by atoms with van der Waals surface area (Å²) in [4.78, 5) is 23.4. The van der Waals surface area contributed by atoms with E-state index in [0.717, 1.165) is 36.8 Å². The molecule has 1 fully saturated rings. The maximum absolute atomic E-state index is 12.3. The Morgan fingerprint density at radius 1 is 1.32 bits per heavy atom. The number of thioether (sulfide) groups is 1. The summed E-state index contributed by atoms with van der Waals surface area (Å²) < 4.78 is 0. The van der Waals surface area contributed by atoms with E-state index in [4.69, 9.17) is 0 Å². The van der Waals surface area contributed by atoms with Gasteiger partial charge < -0.3 is 10.2 Å². The molecule has 28 heavy (non-hydrogen) atoms. The number of nitrogens with zero attached hydrogens (tertiary/aromatic N) is 3. The standard InChI is InChI=1S/C22H30N4OS/c1-17-7-6-12-26(14-17)20-13-22(24-16-23-20)28-15-21(27)25-18(2)10-11-19-8-4-3-5-9-19/h3-5,8-9,13,16-18H,6-7,10-12,14-15H2,1-2H3,(H,25,27)/t17-,18+/m0/s1. The largest absolute Gasteiger partial charge is 0.356 e. The minimum Gasteiger partial charge on any atom is -0.356 e. The van der Waals surface area contributed by atoms with Crippen LogP contribution in [0.1, 0.15) is 38.7 Å². The lowest BCUT2D eigenvalue weighted by Gasteiger charge is -2.31. The van der Waals surface area contributed by atoms with E-state index >= 15 is 0 Å². The molecule has 5 nitrogen and oxygen atoms in total. The fraction of sp³-hybridized carbons (Fsp3) is 0.500. The highest BCUT2D eigenvalue weighted by molar-refractivity contribution is 7.99. The van der Waals surface area contributed by atoms with Gasteiger partial charge in [0.2, 0.25) is 5.91 Å². The Balaban J connectivity index is 1.43. The number of nitrogens with one attached hydrogen (secondary N) is 1. The Hall–Kier alpha value is -2.08. The average Bonchev–Trinajstić information content (AvgIpc) is 2.72. The van der Waals surface area contributed by atoms with Gasteiger partial charge >= 0.3 is 0 Å². The van der Waals surface area contributed by atoms with Crippen molar-refractivity contribution in [3.8, 4) is 0 Å². The molecule has 2 aromatic rings. The molecule has 0 aliphatic carbocycles. The summed E-state index contributed by atoms with van der Waals surface area (Å²) in [5.41, 5.74) is 1.30. The first-order chi connectivity index (χ1) is 13.6. The summed E-state index contributed by atoms with van der Waals surface area (Å²) in [6.07, 6.45) is 6.00. The zero-order valence-corrected chi connectivity index (χ0v) is 17.6. The average molecular weight is 399 g/mol. The summed E-state index contributed by atoms with van der Waals surface area (Å²) in [6.45, 7) is 6.43. The lowest BCUT2D eigenvalue weighted by atomic mass is 10.0. The summed E-state index contributed by atoms with van der Waals surface area (Å²) in [5, 5.41) is 3.95. The van der Waals surface area contributed by atoms with Crippen molar-refractivity contribution in [1.82, 2.24) is 15.3 Å². The predicted molar refractivity (Wildman–Crippen MR) is 116 cm³/mol. The molecule has 0 radical (unpaired) electrons. The number of amides is 1. The number of hydrogen-bond donors (Lipinski definition) is 1. The van der Waals surface area contributed by atoms with Gasteiger partial charge in [-0.1, -0.05) is 49.0 Å². The van der Waals surface area contributed by atoms with Crippen LogP contribution in [0.15, 0.2) is 47.8 Å². The summed E-state index contributed by atoms with van der Waals surface area (Å²) in [6, 6.07) is 12.5. The molecule has 0 saturated carbocycles. The van der Waals surface area contributed by atoms with Gasteiger partial charge in [-0.2, -0.15) is 0 Å². The quantitative estimate of drug-likeness (QED) is 0.539. The normalized spacial score (nSPS) is 17.9. The van der Waals surface area contributed by atoms with Crippen molar-refractivity contribution in [2.45, 2.75) is 50.6 Å². The molecule has 1 aliphatic heterocycles. The first-order valence-electron chi connectivity index (χ1n) is 10.1. The molecule has 0 bridgehead atoms. The van der Waals surface area contributed by atoms with Gasteiger partial charge in [0.25, 0.3) is 0 Å². The molecular formula is C22H30N4OS. The fourth-order valence-corrected chi connectivity index (χ4v) is 4.21. The number of benzene rings is 1. The molecule has 2 atom stereocenters. The Bertz CT molecular complexity index is 755. The number of piperidine rings is 1. The van der Waals surface area contributed by atoms with Crippen molar-refractivity contribution < 1.29 is 4.79 Å². The highest BCUT2D eigenvalue weighted by Crippen LogP contribution is 2.24. The van der Waals surface area contributed by atoms with E-state index < -0.39 is 0 Å². The van der Waals surface area contributed by atoms with Gasteiger partial charge in [0.15, 0.2) is 0 Å². The molecule has 1 saturated heterocycles. The van der Waals surface area contributed by atoms with Crippen molar-refractivity contribution in [1.29, 1.82) is 0 Å². The molecule has 2 heterocycles. The summed E-state index contributed by atoms with van der Waals surface area (Å²) in [7, 11) is 0. The van der Waals surface area contributed by atoms with Crippen molar-refractivity contribution in [2.24, 2.45) is 5.92 Å². The van der Waals surface area contributed by atoms with Crippen LogP contribution in [0.2, 0.25) is 0 Å². The maximum atomic E-state index is 12.3. The third-order valence-electron chi connectivity index (χ3n) is 5.08. The number of aryl methyl sites for hydroxylation is 1. The molecule has 1 aromatic heterocycles. The van der Waals surface area contributed by atoms with Gasteiger partial charge in [0.05, 0.1) is 5.75 Å². The van der Waals surface area contributed by atoms with E-state index in [9.17, 15) is 4.79 Å². The van der Waals surface area contributed by atoms with E-state index in [-0.39, 0.29) is 11.9 Å². The highest BCUT2D eigenvalue weighted by Gasteiger charge is 2.18. The topological polar surface area (TPSA) is 58.1 Å². The van der Waals surface area contributed by atoms with Crippen molar-refractivity contribution in [3.63, 3.8) is 0 Å². The van der Waals surface area contributed by atoms with Gasteiger partial charge in [0, 0.05) is 25.2 Å². The zero-order valence-electron chi connectivity index (χ0n) is 16.8. The third-order valence-corrected chi connectivity index (χ3v) is 6.00. The first-order valence-corrected chi connectivity index (χ1v) is 11.1. The van der Waals surface area contributed by atoms with E-state index in [1.807, 2.05) is 12.1 Å². The first kappa shape index (κ1) is 20.6. The van der Waals surface area contributed by atoms with Gasteiger partial charge in [-0.3, -0.25) is 4.79 Å². The van der Waals surface area contributed by atoms with Crippen LogP contribution in [-0.2, 0) is 11.2 Å². The van der Waals surface area contributed by atoms with E-state index in [1.165, 1.54) is 30.2 Å².